The van der Waals surface area contributed by atoms with E-state index in [4.69, 9.17) is 14.6 Å². The zero-order valence-electron chi connectivity index (χ0n) is 24.3. The topological polar surface area (TPSA) is 142 Å². The number of halogens is 3. The lowest BCUT2D eigenvalue weighted by atomic mass is 9.96. The van der Waals surface area contributed by atoms with Crippen LogP contribution in [0, 0.1) is 11.3 Å². The molecule has 15 heteroatoms. The fourth-order valence-electron chi connectivity index (χ4n) is 5.81. The summed E-state index contributed by atoms with van der Waals surface area (Å²) >= 11 is 1.30. The van der Waals surface area contributed by atoms with Crippen molar-refractivity contribution in [2.75, 3.05) is 24.6 Å². The van der Waals surface area contributed by atoms with E-state index in [1.165, 1.54) is 11.3 Å². The van der Waals surface area contributed by atoms with Crippen molar-refractivity contribution in [3.8, 4) is 22.9 Å². The molecule has 2 N–H and O–H groups in total. The van der Waals surface area contributed by atoms with Crippen molar-refractivity contribution in [3.05, 3.63) is 74.0 Å². The fraction of sp³-hybridized carbons (Fsp3) is 0.367. The van der Waals surface area contributed by atoms with E-state index in [0.29, 0.717) is 39.4 Å². The number of alkyl halides is 3. The average molecular weight is 643 g/mol. The van der Waals surface area contributed by atoms with Crippen LogP contribution in [0.25, 0.3) is 21.3 Å². The van der Waals surface area contributed by atoms with Crippen LogP contribution in [0.4, 0.5) is 18.9 Å². The Kier molecular flexibility index (Phi) is 8.72. The van der Waals surface area contributed by atoms with Crippen molar-refractivity contribution in [1.82, 2.24) is 19.4 Å². The van der Waals surface area contributed by atoms with Gasteiger partial charge in [-0.3, -0.25) is 23.7 Å². The molecule has 1 atom stereocenters. The number of anilines is 1. The van der Waals surface area contributed by atoms with Crippen LogP contribution in [-0.2, 0) is 17.9 Å². The molecule has 236 valence electrons. The van der Waals surface area contributed by atoms with Gasteiger partial charge in [-0.15, -0.1) is 11.3 Å². The number of benzene rings is 1. The van der Waals surface area contributed by atoms with Gasteiger partial charge in [0, 0.05) is 58.7 Å². The summed E-state index contributed by atoms with van der Waals surface area (Å²) < 4.78 is 47.0. The first-order valence-electron chi connectivity index (χ1n) is 13.9. The molecule has 5 heterocycles. The number of aromatic nitrogens is 3. The van der Waals surface area contributed by atoms with Crippen LogP contribution < -0.4 is 26.2 Å². The second-order valence-electron chi connectivity index (χ2n) is 11.3. The zero-order valence-corrected chi connectivity index (χ0v) is 25.1. The smallest absolute Gasteiger partial charge is 0.406 e. The number of carboxylic acid groups (broad SMARTS) is 1. The maximum Gasteiger partial charge on any atom is 0.406 e. The molecule has 1 aromatic carbocycles. The van der Waals surface area contributed by atoms with Crippen LogP contribution >= 0.6 is 11.3 Å². The zero-order chi connectivity index (χ0) is 32.5. The van der Waals surface area contributed by atoms with Crippen LogP contribution in [0.5, 0.6) is 5.75 Å². The second-order valence-corrected chi connectivity index (χ2v) is 12.4. The maximum atomic E-state index is 13.0. The molecule has 0 saturated carbocycles. The van der Waals surface area contributed by atoms with Crippen molar-refractivity contribution in [1.29, 1.82) is 5.26 Å². The lowest BCUT2D eigenvalue weighted by Gasteiger charge is -2.37. The predicted octanol–water partition coefficient (Wildman–Crippen LogP) is 3.81. The van der Waals surface area contributed by atoms with Crippen LogP contribution in [-0.4, -0.2) is 63.2 Å². The third-order valence-electron chi connectivity index (χ3n) is 7.64. The summed E-state index contributed by atoms with van der Waals surface area (Å²) in [5.74, 6) is 0.628. The minimum Gasteiger partial charge on any atom is -0.489 e. The van der Waals surface area contributed by atoms with Gasteiger partial charge in [0.25, 0.3) is 12.0 Å². The first-order chi connectivity index (χ1) is 21.3. The van der Waals surface area contributed by atoms with Crippen molar-refractivity contribution < 1.29 is 27.8 Å². The van der Waals surface area contributed by atoms with Crippen molar-refractivity contribution in [2.24, 2.45) is 0 Å². The highest BCUT2D eigenvalue weighted by atomic mass is 32.1. The van der Waals surface area contributed by atoms with Crippen molar-refractivity contribution in [2.45, 2.75) is 51.1 Å². The number of nitrogens with zero attached hydrogens (tertiary/aromatic N) is 5. The molecule has 45 heavy (non-hydrogen) atoms. The van der Waals surface area contributed by atoms with E-state index in [-0.39, 0.29) is 24.6 Å². The minimum atomic E-state index is -4.61. The first kappa shape index (κ1) is 31.7. The molecule has 11 nitrogen and oxygen atoms in total. The van der Waals surface area contributed by atoms with Gasteiger partial charge >= 0.3 is 11.9 Å². The van der Waals surface area contributed by atoms with Crippen LogP contribution in [0.1, 0.15) is 30.7 Å². The van der Waals surface area contributed by atoms with E-state index in [1.54, 1.807) is 18.3 Å². The van der Waals surface area contributed by atoms with Gasteiger partial charge < -0.3 is 20.1 Å². The number of rotatable bonds is 5. The van der Waals surface area contributed by atoms with Crippen LogP contribution in [0.3, 0.4) is 0 Å². The summed E-state index contributed by atoms with van der Waals surface area (Å²) in [7, 11) is 0. The van der Waals surface area contributed by atoms with E-state index < -0.39 is 24.0 Å². The molecule has 0 amide bonds. The summed E-state index contributed by atoms with van der Waals surface area (Å²) in [6.45, 7) is 4.37. The molecular weight excluding hydrogens is 613 g/mol. The summed E-state index contributed by atoms with van der Waals surface area (Å²) in [5.41, 5.74) is 1.80. The Labute approximate surface area is 258 Å². The standard InChI is InChI=1S/C29H27F3N6O3S.CH2O2/c1-28(2)12-18(14-35-28)37-7-8-41-23-10-17(13-33)9-21(25(23)37)20-3-5-34-22-11-19(42-26(20)22)15-38-24(39)4-6-36(27(38)40)16-29(30,31)32;2-1-3/h3-6,9-11,18,35H,7-8,12,14-16H2,1-2H3;1H,(H,2,3)/t18-;/m1./s1. The van der Waals surface area contributed by atoms with E-state index >= 15 is 0 Å². The number of ether oxygens (including phenoxy) is 1. The third kappa shape index (κ3) is 6.71. The SMILES string of the molecule is CC1(C)C[C@@H](N2CCOc3cc(C#N)cc(-c4ccnc5cc(Cn6c(=O)ccn(CC(F)(F)F)c6=O)sc45)c32)CN1.O=CO. The highest BCUT2D eigenvalue weighted by Gasteiger charge is 2.37. The average Bonchev–Trinajstić information content (AvgIpc) is 3.57. The van der Waals surface area contributed by atoms with Crippen molar-refractivity contribution in [3.63, 3.8) is 0 Å². The molecule has 4 aromatic rings. The van der Waals surface area contributed by atoms with Crippen LogP contribution in [0.15, 0.2) is 52.3 Å². The summed E-state index contributed by atoms with van der Waals surface area (Å²) in [5, 5.41) is 20.3. The van der Waals surface area contributed by atoms with Crippen LogP contribution in [0.2, 0.25) is 0 Å². The quantitative estimate of drug-likeness (QED) is 0.311. The van der Waals surface area contributed by atoms with Crippen molar-refractivity contribution >= 4 is 33.7 Å². The number of hydrogen-bond donors (Lipinski definition) is 2. The molecule has 1 saturated heterocycles. The Balaban J connectivity index is 0.00000128. The Morgan fingerprint density at radius 1 is 1.24 bits per heavy atom. The summed E-state index contributed by atoms with van der Waals surface area (Å²) in [4.78, 5) is 41.0. The largest absolute Gasteiger partial charge is 0.489 e. The molecule has 3 aromatic heterocycles. The third-order valence-corrected chi connectivity index (χ3v) is 8.78. The maximum absolute atomic E-state index is 13.0. The number of pyridine rings is 1. The second kappa shape index (κ2) is 12.4. The van der Waals surface area contributed by atoms with E-state index in [1.807, 2.05) is 12.1 Å². The van der Waals surface area contributed by atoms with Gasteiger partial charge in [0.1, 0.15) is 18.9 Å². The molecule has 0 bridgehead atoms. The highest BCUT2D eigenvalue weighted by molar-refractivity contribution is 7.19. The first-order valence-corrected chi connectivity index (χ1v) is 14.7. The molecule has 0 spiro atoms. The molecule has 0 aliphatic carbocycles. The summed E-state index contributed by atoms with van der Waals surface area (Å²) in [6.07, 6.45) is -1.17. The van der Waals surface area contributed by atoms with Gasteiger partial charge in [-0.1, -0.05) is 0 Å². The highest BCUT2D eigenvalue weighted by Crippen LogP contribution is 2.46. The summed E-state index contributed by atoms with van der Waals surface area (Å²) in [6, 6.07) is 10.6. The minimum absolute atomic E-state index is 0.0172. The van der Waals surface area contributed by atoms with Gasteiger partial charge in [-0.25, -0.2) is 4.79 Å². The number of nitrogens with one attached hydrogen (secondary N) is 1. The molecule has 2 aliphatic rings. The molecule has 0 unspecified atom stereocenters. The number of thiophene rings is 1. The Hall–Kier alpha value is -4.68. The Morgan fingerprint density at radius 3 is 2.67 bits per heavy atom. The molecule has 1 fully saturated rings. The predicted molar refractivity (Wildman–Crippen MR) is 162 cm³/mol. The van der Waals surface area contributed by atoms with Gasteiger partial charge in [-0.05, 0) is 38.5 Å². The molecular formula is C30H29F3N6O5S. The van der Waals surface area contributed by atoms with Gasteiger partial charge in [0.05, 0.1) is 40.6 Å². The fourth-order valence-corrected chi connectivity index (χ4v) is 6.94. The van der Waals surface area contributed by atoms with E-state index in [9.17, 15) is 28.0 Å². The molecule has 2 aliphatic heterocycles. The van der Waals surface area contributed by atoms with Gasteiger partial charge in [-0.2, -0.15) is 18.4 Å². The lowest BCUT2D eigenvalue weighted by Crippen LogP contribution is -2.42. The lowest BCUT2D eigenvalue weighted by molar-refractivity contribution is -0.141. The normalized spacial score (nSPS) is 17.2. The number of hydrogen-bond acceptors (Lipinski definition) is 9. The Bertz CT molecular complexity index is 1910. The van der Waals surface area contributed by atoms with E-state index in [2.05, 4.69) is 35.1 Å². The number of carbonyl (C=O) groups is 1. The van der Waals surface area contributed by atoms with E-state index in [0.717, 1.165) is 51.3 Å². The van der Waals surface area contributed by atoms with Gasteiger partial charge in [0.2, 0.25) is 0 Å². The van der Waals surface area contributed by atoms with Gasteiger partial charge in [0.15, 0.2) is 0 Å². The molecule has 6 rings (SSSR count). The number of nitriles is 1. The monoisotopic (exact) mass is 642 g/mol. The Morgan fingerprint density at radius 2 is 2.00 bits per heavy atom. The number of fused-ring (bicyclic) bond motifs is 2. The molecule has 0 radical (unpaired) electrons.